The highest BCUT2D eigenvalue weighted by molar-refractivity contribution is 5.80. The van der Waals surface area contributed by atoms with Gasteiger partial charge in [0.15, 0.2) is 11.6 Å². The van der Waals surface area contributed by atoms with Crippen LogP contribution in [-0.2, 0) is 11.2 Å². The number of hydrazine groups is 1. The molecule has 0 aromatic carbocycles. The predicted octanol–water partition coefficient (Wildman–Crippen LogP) is 2.62. The fraction of sp³-hybridized carbons (Fsp3) is 0.750. The van der Waals surface area contributed by atoms with Crippen molar-refractivity contribution in [3.8, 4) is 0 Å². The number of aromatic nitrogens is 2. The SMILES string of the molecule is CCc1nc(NNC(=O)[C@@H](CNC(=O)O)CC2CCCC2)c(F)c(N2CC(N(C)C)C3(CC3)C2)n1. The Morgan fingerprint density at radius 2 is 1.97 bits per heavy atom. The molecule has 3 aliphatic rings. The van der Waals surface area contributed by atoms with Crippen molar-refractivity contribution in [1.82, 2.24) is 25.6 Å². The molecular formula is C24H38FN7O3. The second kappa shape index (κ2) is 10.5. The van der Waals surface area contributed by atoms with Crippen LogP contribution in [0.3, 0.4) is 0 Å². The Kier molecular flexibility index (Phi) is 7.63. The Morgan fingerprint density at radius 1 is 1.26 bits per heavy atom. The Hall–Kier alpha value is -2.69. The van der Waals surface area contributed by atoms with Gasteiger partial charge in [0.2, 0.25) is 11.7 Å². The largest absolute Gasteiger partial charge is 0.465 e. The van der Waals surface area contributed by atoms with Crippen molar-refractivity contribution >= 4 is 23.6 Å². The maximum atomic E-state index is 15.6. The summed E-state index contributed by atoms with van der Waals surface area (Å²) in [4.78, 5) is 36.9. The van der Waals surface area contributed by atoms with Gasteiger partial charge in [-0.15, -0.1) is 0 Å². The number of carbonyl (C=O) groups excluding carboxylic acids is 1. The molecule has 1 saturated heterocycles. The molecule has 0 radical (unpaired) electrons. The molecule has 2 saturated carbocycles. The van der Waals surface area contributed by atoms with Crippen LogP contribution in [-0.4, -0.2) is 71.7 Å². The van der Waals surface area contributed by atoms with E-state index < -0.39 is 17.8 Å². The lowest BCUT2D eigenvalue weighted by molar-refractivity contribution is -0.124. The van der Waals surface area contributed by atoms with E-state index in [1.54, 1.807) is 0 Å². The minimum absolute atomic E-state index is 0.0127. The minimum Gasteiger partial charge on any atom is -0.465 e. The number of nitrogens with one attached hydrogen (secondary N) is 3. The molecular weight excluding hydrogens is 453 g/mol. The fourth-order valence-electron chi connectivity index (χ4n) is 5.77. The number of amides is 2. The molecule has 2 atom stereocenters. The van der Waals surface area contributed by atoms with E-state index >= 15 is 4.39 Å². The average molecular weight is 492 g/mol. The Morgan fingerprint density at radius 3 is 2.54 bits per heavy atom. The molecule has 1 aromatic heterocycles. The van der Waals surface area contributed by atoms with E-state index in [-0.39, 0.29) is 29.5 Å². The minimum atomic E-state index is -1.17. The first-order valence-corrected chi connectivity index (χ1v) is 12.7. The van der Waals surface area contributed by atoms with Crippen molar-refractivity contribution in [3.05, 3.63) is 11.6 Å². The van der Waals surface area contributed by atoms with Gasteiger partial charge in [-0.2, -0.15) is 4.39 Å². The quantitative estimate of drug-likeness (QED) is 0.369. The topological polar surface area (TPSA) is 123 Å². The van der Waals surface area contributed by atoms with Crippen molar-refractivity contribution in [2.45, 2.75) is 64.3 Å². The van der Waals surface area contributed by atoms with Gasteiger partial charge in [-0.25, -0.2) is 14.8 Å². The van der Waals surface area contributed by atoms with Gasteiger partial charge >= 0.3 is 6.09 Å². The van der Waals surface area contributed by atoms with Gasteiger partial charge in [0, 0.05) is 37.5 Å². The summed E-state index contributed by atoms with van der Waals surface area (Å²) in [5.41, 5.74) is 5.45. The third-order valence-electron chi connectivity index (χ3n) is 7.88. The molecule has 1 aromatic rings. The van der Waals surface area contributed by atoms with Gasteiger partial charge in [0.05, 0.1) is 5.92 Å². The molecule has 11 heteroatoms. The Bertz CT molecular complexity index is 934. The number of carbonyl (C=O) groups is 2. The van der Waals surface area contributed by atoms with Crippen molar-refractivity contribution in [2.24, 2.45) is 17.3 Å². The summed E-state index contributed by atoms with van der Waals surface area (Å²) < 4.78 is 15.6. The molecule has 1 spiro atoms. The lowest BCUT2D eigenvalue weighted by Gasteiger charge is -2.24. The van der Waals surface area contributed by atoms with E-state index in [1.807, 2.05) is 11.8 Å². The normalized spacial score (nSPS) is 22.0. The first kappa shape index (κ1) is 25.4. The zero-order valence-corrected chi connectivity index (χ0v) is 20.9. The van der Waals surface area contributed by atoms with Gasteiger partial charge in [-0.3, -0.25) is 15.6 Å². The molecule has 2 aliphatic carbocycles. The summed E-state index contributed by atoms with van der Waals surface area (Å²) in [6.07, 6.45) is 6.55. The highest BCUT2D eigenvalue weighted by Crippen LogP contribution is 2.54. The molecule has 0 bridgehead atoms. The van der Waals surface area contributed by atoms with E-state index in [2.05, 4.69) is 45.1 Å². The number of carboxylic acid groups (broad SMARTS) is 1. The van der Waals surface area contributed by atoms with Gasteiger partial charge in [0.25, 0.3) is 0 Å². The maximum Gasteiger partial charge on any atom is 0.404 e. The van der Waals surface area contributed by atoms with Crippen molar-refractivity contribution in [1.29, 1.82) is 0 Å². The summed E-state index contributed by atoms with van der Waals surface area (Å²) in [6, 6.07) is 0.344. The first-order chi connectivity index (χ1) is 16.7. The van der Waals surface area contributed by atoms with Crippen LogP contribution < -0.4 is 21.1 Å². The van der Waals surface area contributed by atoms with Crippen LogP contribution >= 0.6 is 0 Å². The highest BCUT2D eigenvalue weighted by Gasteiger charge is 2.56. The molecule has 4 rings (SSSR count). The summed E-state index contributed by atoms with van der Waals surface area (Å²) in [6.45, 7) is 3.37. The van der Waals surface area contributed by atoms with Crippen molar-refractivity contribution in [3.63, 3.8) is 0 Å². The average Bonchev–Trinajstić information content (AvgIpc) is 3.22. The van der Waals surface area contributed by atoms with E-state index in [9.17, 15) is 9.59 Å². The van der Waals surface area contributed by atoms with Crippen LogP contribution in [0, 0.1) is 23.1 Å². The monoisotopic (exact) mass is 491 g/mol. The van der Waals surface area contributed by atoms with E-state index in [0.717, 1.165) is 45.1 Å². The summed E-state index contributed by atoms with van der Waals surface area (Å²) >= 11 is 0. The molecule has 1 aliphatic heterocycles. The number of halogens is 1. The molecule has 2 amide bonds. The number of aryl methyl sites for hydroxylation is 1. The van der Waals surface area contributed by atoms with Gasteiger partial charge in [0.1, 0.15) is 5.82 Å². The molecule has 194 valence electrons. The van der Waals surface area contributed by atoms with Crippen LogP contribution in [0.2, 0.25) is 0 Å². The molecule has 35 heavy (non-hydrogen) atoms. The number of hydrogen-bond acceptors (Lipinski definition) is 7. The number of hydrogen-bond donors (Lipinski definition) is 4. The molecule has 3 fully saturated rings. The van der Waals surface area contributed by atoms with E-state index in [1.165, 1.54) is 0 Å². The van der Waals surface area contributed by atoms with Gasteiger partial charge in [-0.05, 0) is 39.3 Å². The third kappa shape index (κ3) is 5.76. The smallest absolute Gasteiger partial charge is 0.404 e. The summed E-state index contributed by atoms with van der Waals surface area (Å²) in [7, 11) is 4.12. The molecule has 1 unspecified atom stereocenters. The standard InChI is InChI=1S/C24H38FN7O3/c1-4-18-27-20(19(25)21(28-18)32-13-17(31(2)3)24(14-32)9-10-24)29-30-22(33)16(12-26-23(34)35)11-15-7-5-6-8-15/h15-17,26H,4-14H2,1-3H3,(H,30,33)(H,34,35)(H,27,28,29)/t16-,17?/m1/s1. The number of anilines is 2. The second-order valence-corrected chi connectivity index (χ2v) is 10.6. The Balaban J connectivity index is 1.47. The lowest BCUT2D eigenvalue weighted by Crippen LogP contribution is -2.42. The fourth-order valence-corrected chi connectivity index (χ4v) is 5.77. The van der Waals surface area contributed by atoms with Crippen molar-refractivity contribution < 1.29 is 19.1 Å². The molecule has 4 N–H and O–H groups in total. The van der Waals surface area contributed by atoms with Crippen molar-refractivity contribution in [2.75, 3.05) is 44.1 Å². The molecule has 2 heterocycles. The number of rotatable bonds is 10. The molecule has 10 nitrogen and oxygen atoms in total. The number of nitrogens with zero attached hydrogens (tertiary/aromatic N) is 4. The van der Waals surface area contributed by atoms with Crippen LogP contribution in [0.4, 0.5) is 20.8 Å². The number of likely N-dealkylation sites (N-methyl/N-ethyl adjacent to an activating group) is 1. The van der Waals surface area contributed by atoms with Crippen LogP contribution in [0.1, 0.15) is 57.7 Å². The van der Waals surface area contributed by atoms with Crippen LogP contribution in [0.15, 0.2) is 0 Å². The van der Waals surface area contributed by atoms with Crippen LogP contribution in [0.25, 0.3) is 0 Å². The zero-order valence-electron chi connectivity index (χ0n) is 20.9. The third-order valence-corrected chi connectivity index (χ3v) is 7.88. The summed E-state index contributed by atoms with van der Waals surface area (Å²) in [5.74, 6) is -0.437. The first-order valence-electron chi connectivity index (χ1n) is 12.7. The zero-order chi connectivity index (χ0) is 25.2. The predicted molar refractivity (Wildman–Crippen MR) is 131 cm³/mol. The highest BCUT2D eigenvalue weighted by atomic mass is 19.1. The Labute approximate surface area is 206 Å². The van der Waals surface area contributed by atoms with E-state index in [4.69, 9.17) is 5.11 Å². The van der Waals surface area contributed by atoms with Gasteiger partial charge in [-0.1, -0.05) is 32.6 Å². The summed E-state index contributed by atoms with van der Waals surface area (Å²) in [5, 5.41) is 11.3. The second-order valence-electron chi connectivity index (χ2n) is 10.6. The maximum absolute atomic E-state index is 15.6. The van der Waals surface area contributed by atoms with E-state index in [0.29, 0.717) is 37.2 Å². The van der Waals surface area contributed by atoms with Crippen LogP contribution in [0.5, 0.6) is 0 Å². The lowest BCUT2D eigenvalue weighted by atomic mass is 9.92. The van der Waals surface area contributed by atoms with Gasteiger partial charge < -0.3 is 20.2 Å².